The van der Waals surface area contributed by atoms with E-state index in [4.69, 9.17) is 10.6 Å². The van der Waals surface area contributed by atoms with Gasteiger partial charge in [0.2, 0.25) is 0 Å². The van der Waals surface area contributed by atoms with Crippen LogP contribution < -0.4 is 15.6 Å². The number of hydrogen-bond donors (Lipinski definition) is 1. The van der Waals surface area contributed by atoms with Crippen LogP contribution in [0.1, 0.15) is 34.0 Å². The Morgan fingerprint density at radius 3 is 2.22 bits per heavy atom. The van der Waals surface area contributed by atoms with Crippen LogP contribution in [-0.2, 0) is 23.7 Å². The highest BCUT2D eigenvalue weighted by Crippen LogP contribution is 2.39. The number of carbonyl (C=O) groups is 1. The Balaban J connectivity index is 1.80. The van der Waals surface area contributed by atoms with Gasteiger partial charge in [-0.05, 0) is 60.5 Å². The molecule has 1 unspecified atom stereocenters. The third-order valence-electron chi connectivity index (χ3n) is 6.06. The third-order valence-corrected chi connectivity index (χ3v) is 6.06. The molecular formula is C25H22F6N4O2. The molecule has 1 aliphatic rings. The SMILES string of the molecule is COc1ccc(C(C(=O)N(N)c2cc(C(F)(F)F)cc(C(F)(F)F)c2)N2C=Cn3cccc3C2)c(C)c1. The molecule has 12 heteroatoms. The van der Waals surface area contributed by atoms with Gasteiger partial charge in [0.25, 0.3) is 5.91 Å². The number of rotatable bonds is 5. The first kappa shape index (κ1) is 26.1. The topological polar surface area (TPSA) is 63.7 Å². The summed E-state index contributed by atoms with van der Waals surface area (Å²) >= 11 is 0. The van der Waals surface area contributed by atoms with Crippen molar-refractivity contribution in [3.05, 3.63) is 88.9 Å². The van der Waals surface area contributed by atoms with Crippen LogP contribution in [0.15, 0.2) is 60.9 Å². The smallest absolute Gasteiger partial charge is 0.416 e. The quantitative estimate of drug-likeness (QED) is 0.200. The second-order valence-electron chi connectivity index (χ2n) is 8.47. The zero-order valence-electron chi connectivity index (χ0n) is 19.6. The number of hydrogen-bond acceptors (Lipinski definition) is 4. The Morgan fingerprint density at radius 1 is 1.00 bits per heavy atom. The average molecular weight is 524 g/mol. The zero-order valence-corrected chi connectivity index (χ0v) is 19.6. The van der Waals surface area contributed by atoms with Gasteiger partial charge in [0.05, 0.1) is 30.5 Å². The number of nitrogens with zero attached hydrogens (tertiary/aromatic N) is 3. The molecule has 2 heterocycles. The summed E-state index contributed by atoms with van der Waals surface area (Å²) in [5, 5.41) is 0.334. The molecule has 1 atom stereocenters. The van der Waals surface area contributed by atoms with Gasteiger partial charge in [0.1, 0.15) is 11.8 Å². The predicted molar refractivity (Wildman–Crippen MR) is 124 cm³/mol. The summed E-state index contributed by atoms with van der Waals surface area (Å²) in [4.78, 5) is 15.4. The first-order chi connectivity index (χ1) is 17.3. The van der Waals surface area contributed by atoms with Crippen LogP contribution in [0.2, 0.25) is 0 Å². The van der Waals surface area contributed by atoms with Crippen molar-refractivity contribution < 1.29 is 35.9 Å². The molecule has 2 aromatic carbocycles. The summed E-state index contributed by atoms with van der Waals surface area (Å²) < 4.78 is 87.5. The Kier molecular flexibility index (Phi) is 6.72. The van der Waals surface area contributed by atoms with Crippen molar-refractivity contribution in [1.29, 1.82) is 0 Å². The van der Waals surface area contributed by atoms with Gasteiger partial charge in [0, 0.05) is 24.3 Å². The van der Waals surface area contributed by atoms with Crippen LogP contribution in [0.3, 0.4) is 0 Å². The van der Waals surface area contributed by atoms with Gasteiger partial charge in [-0.25, -0.2) is 10.9 Å². The summed E-state index contributed by atoms with van der Waals surface area (Å²) in [6.07, 6.45) is -5.08. The normalized spacial score (nSPS) is 14.4. The standard InChI is InChI=1S/C25H22F6N4O2/c1-15-10-20(37-2)5-6-21(15)22(34-9-8-33-7-3-4-18(33)14-34)23(36)35(32)19-12-16(24(26,27)28)11-17(13-19)25(29,30)31/h3-13,22H,14,32H2,1-2H3. The molecule has 0 saturated heterocycles. The van der Waals surface area contributed by atoms with E-state index in [1.807, 2.05) is 10.6 Å². The van der Waals surface area contributed by atoms with E-state index in [9.17, 15) is 31.1 Å². The van der Waals surface area contributed by atoms with Crippen LogP contribution in [0.4, 0.5) is 32.0 Å². The number of methoxy groups -OCH3 is 1. The fourth-order valence-electron chi connectivity index (χ4n) is 4.16. The Hall–Kier alpha value is -3.93. The van der Waals surface area contributed by atoms with Crippen LogP contribution in [0.25, 0.3) is 6.20 Å². The van der Waals surface area contributed by atoms with Gasteiger partial charge in [-0.15, -0.1) is 0 Å². The maximum Gasteiger partial charge on any atom is 0.416 e. The fourth-order valence-corrected chi connectivity index (χ4v) is 4.16. The molecule has 3 aromatic rings. The first-order valence-electron chi connectivity index (χ1n) is 10.9. The molecule has 1 aliphatic heterocycles. The van der Waals surface area contributed by atoms with Gasteiger partial charge in [-0.2, -0.15) is 26.3 Å². The molecule has 2 N–H and O–H groups in total. The summed E-state index contributed by atoms with van der Waals surface area (Å²) in [6, 6.07) is 8.15. The molecule has 0 fully saturated rings. The number of benzene rings is 2. The molecule has 0 bridgehead atoms. The summed E-state index contributed by atoms with van der Waals surface area (Å²) in [5.74, 6) is 5.54. The minimum Gasteiger partial charge on any atom is -0.497 e. The second-order valence-corrected chi connectivity index (χ2v) is 8.47. The van der Waals surface area contributed by atoms with Crippen molar-refractivity contribution in [2.45, 2.75) is 31.9 Å². The first-order valence-corrected chi connectivity index (χ1v) is 10.9. The molecule has 1 aromatic heterocycles. The van der Waals surface area contributed by atoms with E-state index in [2.05, 4.69) is 0 Å². The second kappa shape index (κ2) is 9.51. The predicted octanol–water partition coefficient (Wildman–Crippen LogP) is 5.73. The van der Waals surface area contributed by atoms with Crippen LogP contribution >= 0.6 is 0 Å². The van der Waals surface area contributed by atoms with E-state index in [1.165, 1.54) is 7.11 Å². The molecule has 37 heavy (non-hydrogen) atoms. The Labute approximate surface area is 208 Å². The van der Waals surface area contributed by atoms with Crippen LogP contribution in [0.5, 0.6) is 5.75 Å². The van der Waals surface area contributed by atoms with Gasteiger partial charge >= 0.3 is 12.4 Å². The van der Waals surface area contributed by atoms with Crippen LogP contribution in [0, 0.1) is 6.92 Å². The van der Waals surface area contributed by atoms with E-state index in [0.717, 1.165) is 5.69 Å². The van der Waals surface area contributed by atoms with Gasteiger partial charge < -0.3 is 14.2 Å². The lowest BCUT2D eigenvalue weighted by atomic mass is 9.97. The van der Waals surface area contributed by atoms with E-state index >= 15 is 0 Å². The Morgan fingerprint density at radius 2 is 1.65 bits per heavy atom. The minimum absolute atomic E-state index is 0.0194. The summed E-state index contributed by atoms with van der Waals surface area (Å²) in [6.45, 7) is 1.94. The van der Waals surface area contributed by atoms with Crippen molar-refractivity contribution in [2.75, 3.05) is 12.1 Å². The number of fused-ring (bicyclic) bond motifs is 1. The number of anilines is 1. The molecule has 0 spiro atoms. The van der Waals surface area contributed by atoms with E-state index < -0.39 is 41.1 Å². The van der Waals surface area contributed by atoms with Crippen molar-refractivity contribution in [1.82, 2.24) is 9.47 Å². The van der Waals surface area contributed by atoms with E-state index in [-0.39, 0.29) is 12.6 Å². The van der Waals surface area contributed by atoms with Crippen LogP contribution in [-0.4, -0.2) is 22.5 Å². The van der Waals surface area contributed by atoms with Crippen molar-refractivity contribution in [3.63, 3.8) is 0 Å². The Bertz CT molecular complexity index is 1310. The van der Waals surface area contributed by atoms with E-state index in [1.54, 1.807) is 54.7 Å². The average Bonchev–Trinajstić information content (AvgIpc) is 3.31. The number of halogens is 6. The minimum atomic E-state index is -5.09. The highest BCUT2D eigenvalue weighted by molar-refractivity contribution is 5.97. The number of amides is 1. The molecule has 0 saturated carbocycles. The molecular weight excluding hydrogens is 502 g/mol. The number of hydrazine groups is 1. The molecule has 0 radical (unpaired) electrons. The maximum atomic E-state index is 13.7. The molecule has 0 aliphatic carbocycles. The van der Waals surface area contributed by atoms with Crippen molar-refractivity contribution in [3.8, 4) is 5.75 Å². The van der Waals surface area contributed by atoms with Gasteiger partial charge in [-0.1, -0.05) is 6.07 Å². The number of aryl methyl sites for hydroxylation is 1. The number of aromatic nitrogens is 1. The highest BCUT2D eigenvalue weighted by Gasteiger charge is 2.39. The lowest BCUT2D eigenvalue weighted by molar-refractivity contribution is -0.143. The lowest BCUT2D eigenvalue weighted by Crippen LogP contribution is -2.46. The third kappa shape index (κ3) is 5.29. The summed E-state index contributed by atoms with van der Waals surface area (Å²) in [5.41, 5.74) is -2.02. The number of carbonyl (C=O) groups excluding carboxylic acids is 1. The fraction of sp³-hybridized carbons (Fsp3) is 0.240. The van der Waals surface area contributed by atoms with Gasteiger partial charge in [0.15, 0.2) is 0 Å². The zero-order chi connectivity index (χ0) is 27.1. The summed E-state index contributed by atoms with van der Waals surface area (Å²) in [7, 11) is 1.46. The number of ether oxygens (including phenoxy) is 1. The lowest BCUT2D eigenvalue weighted by Gasteiger charge is -2.35. The van der Waals surface area contributed by atoms with Crippen molar-refractivity contribution >= 4 is 17.8 Å². The number of alkyl halides is 6. The van der Waals surface area contributed by atoms with Gasteiger partial charge in [-0.3, -0.25) is 4.79 Å². The molecule has 6 nitrogen and oxygen atoms in total. The van der Waals surface area contributed by atoms with E-state index in [0.29, 0.717) is 34.0 Å². The molecule has 4 rings (SSSR count). The molecule has 196 valence electrons. The number of nitrogens with two attached hydrogens (primary N) is 1. The van der Waals surface area contributed by atoms with Crippen molar-refractivity contribution in [2.24, 2.45) is 5.84 Å². The largest absolute Gasteiger partial charge is 0.497 e. The monoisotopic (exact) mass is 524 g/mol. The molecule has 1 amide bonds. The highest BCUT2D eigenvalue weighted by atomic mass is 19.4. The maximum absolute atomic E-state index is 13.7.